The molecule has 0 saturated heterocycles. The topological polar surface area (TPSA) is 75.6 Å². The molecule has 0 rings (SSSR count). The zero-order chi connectivity index (χ0) is 11.8. The average molecular weight is 233 g/mol. The van der Waals surface area contributed by atoms with Gasteiger partial charge in [0, 0.05) is 0 Å². The van der Waals surface area contributed by atoms with Crippen LogP contribution in [0, 0.1) is 12.3 Å². The van der Waals surface area contributed by atoms with Crippen LogP contribution in [0.5, 0.6) is 0 Å². The first-order chi connectivity index (χ1) is 6.27. The molecule has 0 aromatic carbocycles. The standard InChI is InChI=1S/C3H5F2NO4P2.2Li/c1-2-3-10-12(5,9)6-11(4,7)8;;/h1H,3H2,(H2,6,7,8,9);;. The van der Waals surface area contributed by atoms with Gasteiger partial charge < -0.3 is 4.89 Å². The van der Waals surface area contributed by atoms with Gasteiger partial charge in [0.05, 0.1) is 0 Å². The number of hydrogen-bond donors (Lipinski definition) is 2. The van der Waals surface area contributed by atoms with E-state index in [-0.39, 0.29) is 0 Å². The molecule has 0 aromatic heterocycles. The summed E-state index contributed by atoms with van der Waals surface area (Å²) in [6, 6.07) is 0. The van der Waals surface area contributed by atoms with Crippen molar-refractivity contribution in [3.05, 3.63) is 0 Å². The van der Waals surface area contributed by atoms with Gasteiger partial charge in [0.2, 0.25) is 0 Å². The molecule has 11 heteroatoms. The van der Waals surface area contributed by atoms with Crippen LogP contribution in [0.4, 0.5) is 8.39 Å². The molecule has 0 aliphatic heterocycles. The molecule has 0 spiro atoms. The Kier molecular flexibility index (Phi) is 10.1. The predicted octanol–water partition coefficient (Wildman–Crippen LogP) is 0.612. The van der Waals surface area contributed by atoms with E-state index in [1.54, 1.807) is 5.92 Å². The van der Waals surface area contributed by atoms with Gasteiger partial charge in [-0.1, -0.05) is 5.92 Å². The second kappa shape index (κ2) is 8.15. The van der Waals surface area contributed by atoms with Crippen LogP contribution < -0.4 is 4.86 Å². The van der Waals surface area contributed by atoms with Gasteiger partial charge in [-0.25, -0.2) is 9.13 Å². The minimum absolute atomic E-state index is 0.646. The summed E-state index contributed by atoms with van der Waals surface area (Å²) in [6.07, 6.45) is 4.58. The molecule has 0 heterocycles. The number of hydrogen-bond acceptors (Lipinski definition) is 3. The molecule has 0 radical (unpaired) electrons. The van der Waals surface area contributed by atoms with Crippen LogP contribution in [0.2, 0.25) is 0 Å². The first-order valence-electron chi connectivity index (χ1n) is 3.46. The average Bonchev–Trinajstić information content (AvgIpc) is 2.00. The van der Waals surface area contributed by atoms with E-state index in [1.165, 1.54) is 0 Å². The minimum atomic E-state index is -5.41. The van der Waals surface area contributed by atoms with Crippen LogP contribution in [0.25, 0.3) is 0 Å². The Morgan fingerprint density at radius 3 is 2.21 bits per heavy atom. The third-order valence-corrected chi connectivity index (χ3v) is 2.96. The molecule has 0 fully saturated rings. The molecule has 2 atom stereocenters. The van der Waals surface area contributed by atoms with Gasteiger partial charge in [0.15, 0.2) is 0 Å². The summed E-state index contributed by atoms with van der Waals surface area (Å²) in [4.78, 5) is 8.53. The fraction of sp³-hybridized carbons (Fsp3) is 0.333. The summed E-state index contributed by atoms with van der Waals surface area (Å²) in [7, 11) is -10.5. The van der Waals surface area contributed by atoms with Crippen molar-refractivity contribution >= 4 is 46.4 Å². The number of nitrogens with one attached hydrogen (secondary N) is 1. The van der Waals surface area contributed by atoms with E-state index < -0.39 is 22.3 Å². The molecule has 0 saturated carbocycles. The zero-order valence-electron chi connectivity index (χ0n) is 7.61. The van der Waals surface area contributed by atoms with Crippen molar-refractivity contribution in [1.82, 2.24) is 4.86 Å². The normalized spacial score (nSPS) is 18.1. The second-order valence-electron chi connectivity index (χ2n) is 1.56. The third-order valence-electron chi connectivity index (χ3n) is 0.557. The maximum atomic E-state index is 12.3. The predicted molar refractivity (Wildman–Crippen MR) is 49.1 cm³/mol. The fourth-order valence-electron chi connectivity index (χ4n) is 0.296. The Balaban J connectivity index is 0. The van der Waals surface area contributed by atoms with Crippen LogP contribution >= 0.6 is 15.7 Å². The summed E-state index contributed by atoms with van der Waals surface area (Å²) in [5.74, 6) is 1.74. The van der Waals surface area contributed by atoms with E-state index in [9.17, 15) is 17.5 Å². The van der Waals surface area contributed by atoms with Gasteiger partial charge in [-0.3, -0.25) is 4.52 Å². The van der Waals surface area contributed by atoms with Gasteiger partial charge in [-0.15, -0.1) is 19.7 Å². The van der Waals surface area contributed by atoms with Crippen LogP contribution in [0.3, 0.4) is 0 Å². The summed E-state index contributed by atoms with van der Waals surface area (Å²) in [5.41, 5.74) is 0. The first kappa shape index (κ1) is 17.4. The Bertz CT molecular complexity index is 289. The Labute approximate surface area is 97.0 Å². The molecule has 2 N–H and O–H groups in total. The van der Waals surface area contributed by atoms with Gasteiger partial charge in [-0.2, -0.15) is 0 Å². The Morgan fingerprint density at radius 2 is 1.93 bits per heavy atom. The van der Waals surface area contributed by atoms with Crippen molar-refractivity contribution in [1.29, 1.82) is 0 Å². The number of terminal acetylenes is 1. The fourth-order valence-corrected chi connectivity index (χ4v) is 1.95. The van der Waals surface area contributed by atoms with Crippen molar-refractivity contribution in [3.63, 3.8) is 0 Å². The molecule has 0 aliphatic carbocycles. The van der Waals surface area contributed by atoms with Gasteiger partial charge in [-0.05, 0) is 0 Å². The molecular formula is C3H5F2Li2NO4P2. The van der Waals surface area contributed by atoms with E-state index in [1.807, 2.05) is 30.8 Å². The van der Waals surface area contributed by atoms with Crippen molar-refractivity contribution in [3.8, 4) is 12.3 Å². The molecule has 0 bridgehead atoms. The molecule has 5 nitrogen and oxygen atoms in total. The molecule has 72 valence electrons. The summed E-state index contributed by atoms with van der Waals surface area (Å²) in [6.45, 7) is -0.694. The summed E-state index contributed by atoms with van der Waals surface area (Å²) >= 11 is 4.00. The van der Waals surface area contributed by atoms with Crippen LogP contribution in [-0.2, 0) is 13.7 Å². The third kappa shape index (κ3) is 13.0. The first-order valence-corrected chi connectivity index (χ1v) is 6.53. The maximum absolute atomic E-state index is 12.3. The van der Waals surface area contributed by atoms with Gasteiger partial charge in [0.25, 0.3) is 0 Å². The second-order valence-corrected chi connectivity index (χ2v) is 4.58. The molecule has 2 unspecified atom stereocenters. The van der Waals surface area contributed by atoms with E-state index in [4.69, 9.17) is 4.89 Å². The van der Waals surface area contributed by atoms with E-state index in [0.717, 1.165) is 0 Å². The number of halogens is 2. The van der Waals surface area contributed by atoms with Gasteiger partial charge >= 0.3 is 46.4 Å². The van der Waals surface area contributed by atoms with Crippen molar-refractivity contribution in [2.24, 2.45) is 0 Å². The van der Waals surface area contributed by atoms with Crippen LogP contribution in [-0.4, -0.2) is 42.3 Å². The Hall–Kier alpha value is 0.955. The SMILES string of the molecule is C#CCOP(=O)(F)NP(=O)(O)F.[Li][Li]. The Morgan fingerprint density at radius 1 is 1.50 bits per heavy atom. The van der Waals surface area contributed by atoms with E-state index in [0.29, 0.717) is 4.86 Å². The molecular weight excluding hydrogens is 228 g/mol. The van der Waals surface area contributed by atoms with Crippen molar-refractivity contribution in [2.45, 2.75) is 0 Å². The van der Waals surface area contributed by atoms with Crippen LogP contribution in [0.1, 0.15) is 0 Å². The quantitative estimate of drug-likeness (QED) is 0.422. The van der Waals surface area contributed by atoms with E-state index >= 15 is 0 Å². The zero-order valence-corrected chi connectivity index (χ0v) is 9.40. The molecule has 0 amide bonds. The van der Waals surface area contributed by atoms with Crippen LogP contribution in [0.15, 0.2) is 0 Å². The van der Waals surface area contributed by atoms with Crippen molar-refractivity contribution < 1.29 is 26.9 Å². The van der Waals surface area contributed by atoms with Crippen molar-refractivity contribution in [2.75, 3.05) is 6.61 Å². The molecule has 0 aliphatic rings. The molecule has 0 aromatic rings. The van der Waals surface area contributed by atoms with E-state index in [2.05, 4.69) is 10.9 Å². The molecule has 14 heavy (non-hydrogen) atoms. The summed E-state index contributed by atoms with van der Waals surface area (Å²) < 4.78 is 48.0. The van der Waals surface area contributed by atoms with Gasteiger partial charge in [0.1, 0.15) is 6.61 Å². The monoisotopic (exact) mass is 233 g/mol. The number of rotatable bonds is 4. The summed E-state index contributed by atoms with van der Waals surface area (Å²) in [5, 5.41) is 0.